The van der Waals surface area contributed by atoms with Crippen LogP contribution in [0.1, 0.15) is 49.0 Å². The third-order valence-corrected chi connectivity index (χ3v) is 6.28. The number of aromatic amines is 1. The molecule has 2 atom stereocenters. The summed E-state index contributed by atoms with van der Waals surface area (Å²) >= 11 is 0. The number of piperidine rings is 1. The van der Waals surface area contributed by atoms with E-state index in [-0.39, 0.29) is 17.6 Å². The number of hydrogen-bond acceptors (Lipinski definition) is 5. The number of rotatable bonds is 2. The van der Waals surface area contributed by atoms with Gasteiger partial charge < -0.3 is 24.9 Å². The highest BCUT2D eigenvalue weighted by molar-refractivity contribution is 6.11. The SMILES string of the molecule is COC(=O)c1c(C)[nH]c2c1[C@@]13C[C@@H]1CN(C(=O)c1cc(N)cn1C)C3=CC2=O. The standard InChI is InChI=1S/C20H20N4O4/c1-9-15(19(27)28-3)16-17(22-9)13(25)5-14-20(16)6-10(20)7-24(14)18(26)12-4-11(21)8-23(12)2/h4-5,8,10,22H,6-7,21H2,1-3H3/t10-,20+/m1/s1. The normalized spacial score (nSPS) is 24.4. The number of ether oxygens (including phenoxy) is 1. The van der Waals surface area contributed by atoms with Crippen LogP contribution in [0.15, 0.2) is 24.0 Å². The Morgan fingerprint density at radius 3 is 2.79 bits per heavy atom. The molecule has 3 heterocycles. The van der Waals surface area contributed by atoms with Gasteiger partial charge in [-0.15, -0.1) is 0 Å². The first-order valence-electron chi connectivity index (χ1n) is 9.11. The molecule has 28 heavy (non-hydrogen) atoms. The number of fused-ring (bicyclic) bond motifs is 1. The lowest BCUT2D eigenvalue weighted by Gasteiger charge is -2.28. The predicted octanol–water partition coefficient (Wildman–Crippen LogP) is 1.52. The number of hydrogen-bond donors (Lipinski definition) is 2. The van der Waals surface area contributed by atoms with Crippen LogP contribution < -0.4 is 5.73 Å². The molecular weight excluding hydrogens is 360 g/mol. The summed E-state index contributed by atoms with van der Waals surface area (Å²) in [6.45, 7) is 2.27. The fourth-order valence-electron chi connectivity index (χ4n) is 5.01. The third kappa shape index (κ3) is 1.87. The van der Waals surface area contributed by atoms with E-state index in [1.54, 1.807) is 35.7 Å². The number of aryl methyl sites for hydroxylation is 2. The van der Waals surface area contributed by atoms with Crippen LogP contribution in [0.3, 0.4) is 0 Å². The van der Waals surface area contributed by atoms with Crippen molar-refractivity contribution in [2.75, 3.05) is 19.4 Å². The molecule has 0 bridgehead atoms. The van der Waals surface area contributed by atoms with Crippen molar-refractivity contribution in [1.82, 2.24) is 14.5 Å². The van der Waals surface area contributed by atoms with E-state index in [1.807, 2.05) is 0 Å². The highest BCUT2D eigenvalue weighted by Gasteiger charge is 2.69. The molecule has 144 valence electrons. The van der Waals surface area contributed by atoms with Crippen molar-refractivity contribution in [3.05, 3.63) is 52.2 Å². The van der Waals surface area contributed by atoms with Crippen molar-refractivity contribution in [3.63, 3.8) is 0 Å². The molecule has 1 amide bonds. The fourth-order valence-corrected chi connectivity index (χ4v) is 5.01. The smallest absolute Gasteiger partial charge is 0.340 e. The zero-order chi connectivity index (χ0) is 20.0. The number of methoxy groups -OCH3 is 1. The van der Waals surface area contributed by atoms with Gasteiger partial charge in [-0.1, -0.05) is 0 Å². The molecule has 2 aromatic rings. The lowest BCUT2D eigenvalue weighted by Crippen LogP contribution is -2.35. The van der Waals surface area contributed by atoms with Crippen molar-refractivity contribution in [3.8, 4) is 0 Å². The molecule has 0 aromatic carbocycles. The first-order valence-corrected chi connectivity index (χ1v) is 9.11. The van der Waals surface area contributed by atoms with E-state index in [4.69, 9.17) is 10.5 Å². The van der Waals surface area contributed by atoms with Gasteiger partial charge in [-0.25, -0.2) is 4.79 Å². The van der Waals surface area contributed by atoms with Gasteiger partial charge in [0.2, 0.25) is 5.78 Å². The molecule has 0 radical (unpaired) electrons. The molecule has 5 rings (SSSR count). The van der Waals surface area contributed by atoms with Crippen LogP contribution in [0.25, 0.3) is 0 Å². The number of likely N-dealkylation sites (tertiary alicyclic amines) is 1. The molecule has 3 N–H and O–H groups in total. The van der Waals surface area contributed by atoms with Gasteiger partial charge in [-0.3, -0.25) is 9.59 Å². The summed E-state index contributed by atoms with van der Waals surface area (Å²) in [5.74, 6) is -0.722. The monoisotopic (exact) mass is 380 g/mol. The first kappa shape index (κ1) is 16.9. The number of H-pyrrole nitrogens is 1. The minimum atomic E-state index is -0.482. The van der Waals surface area contributed by atoms with E-state index >= 15 is 0 Å². The summed E-state index contributed by atoms with van der Waals surface area (Å²) in [5, 5.41) is 0. The van der Waals surface area contributed by atoms with Crippen LogP contribution in [0.2, 0.25) is 0 Å². The molecule has 2 aliphatic carbocycles. The molecule has 1 saturated heterocycles. The molecule has 3 aliphatic rings. The van der Waals surface area contributed by atoms with Gasteiger partial charge in [0.25, 0.3) is 5.91 Å². The average Bonchev–Trinajstić information content (AvgIpc) is 2.90. The number of amides is 1. The van der Waals surface area contributed by atoms with Gasteiger partial charge in [0.1, 0.15) is 5.69 Å². The summed E-state index contributed by atoms with van der Waals surface area (Å²) in [5.41, 5.74) is 9.13. The number of carbonyl (C=O) groups excluding carboxylic acids is 3. The summed E-state index contributed by atoms with van der Waals surface area (Å²) < 4.78 is 6.65. The number of anilines is 1. The molecule has 1 aliphatic heterocycles. The second kappa shape index (κ2) is 5.15. The van der Waals surface area contributed by atoms with Crippen molar-refractivity contribution in [2.45, 2.75) is 18.8 Å². The number of nitrogens with zero attached hydrogens (tertiary/aromatic N) is 2. The van der Waals surface area contributed by atoms with E-state index in [1.165, 1.54) is 13.2 Å². The summed E-state index contributed by atoms with van der Waals surface area (Å²) in [7, 11) is 3.09. The number of ketones is 1. The van der Waals surface area contributed by atoms with Crippen molar-refractivity contribution in [1.29, 1.82) is 0 Å². The van der Waals surface area contributed by atoms with Crippen LogP contribution in [-0.4, -0.2) is 45.8 Å². The average molecular weight is 380 g/mol. The Morgan fingerprint density at radius 1 is 1.39 bits per heavy atom. The van der Waals surface area contributed by atoms with Crippen LogP contribution in [0, 0.1) is 12.8 Å². The van der Waals surface area contributed by atoms with E-state index in [2.05, 4.69) is 4.98 Å². The highest BCUT2D eigenvalue weighted by atomic mass is 16.5. The summed E-state index contributed by atoms with van der Waals surface area (Å²) in [6.07, 6.45) is 4.03. The summed E-state index contributed by atoms with van der Waals surface area (Å²) in [4.78, 5) is 43.2. The number of nitrogen functional groups attached to an aromatic ring is 1. The lowest BCUT2D eigenvalue weighted by atomic mass is 9.82. The van der Waals surface area contributed by atoms with Gasteiger partial charge >= 0.3 is 5.97 Å². The Balaban J connectivity index is 1.63. The van der Waals surface area contributed by atoms with Gasteiger partial charge in [0, 0.05) is 48.2 Å². The Kier molecular flexibility index (Phi) is 3.10. The Hall–Kier alpha value is -3.29. The molecule has 0 unspecified atom stereocenters. The largest absolute Gasteiger partial charge is 0.465 e. The van der Waals surface area contributed by atoms with E-state index in [0.717, 1.165) is 6.42 Å². The molecule has 1 saturated carbocycles. The van der Waals surface area contributed by atoms with E-state index < -0.39 is 11.4 Å². The topological polar surface area (TPSA) is 110 Å². The predicted molar refractivity (Wildman–Crippen MR) is 99.9 cm³/mol. The quantitative estimate of drug-likeness (QED) is 0.768. The highest BCUT2D eigenvalue weighted by Crippen LogP contribution is 2.67. The number of esters is 1. The number of carbonyl (C=O) groups is 3. The number of aromatic nitrogens is 2. The van der Waals surface area contributed by atoms with Gasteiger partial charge in [-0.05, 0) is 25.3 Å². The molecule has 1 spiro atoms. The lowest BCUT2D eigenvalue weighted by molar-refractivity contribution is 0.0598. The molecule has 8 heteroatoms. The van der Waals surface area contributed by atoms with Gasteiger partial charge in [0.05, 0.1) is 24.1 Å². The Labute approximate surface area is 160 Å². The minimum Gasteiger partial charge on any atom is -0.465 e. The Morgan fingerprint density at radius 2 is 2.14 bits per heavy atom. The molecule has 8 nitrogen and oxygen atoms in total. The molecule has 2 fully saturated rings. The van der Waals surface area contributed by atoms with Crippen LogP contribution in [0.4, 0.5) is 5.69 Å². The number of allylic oxidation sites excluding steroid dienone is 2. The van der Waals surface area contributed by atoms with E-state index in [0.29, 0.717) is 46.1 Å². The third-order valence-electron chi connectivity index (χ3n) is 6.28. The van der Waals surface area contributed by atoms with Crippen molar-refractivity contribution in [2.24, 2.45) is 13.0 Å². The number of nitrogens with two attached hydrogens (primary N) is 1. The van der Waals surface area contributed by atoms with Crippen LogP contribution in [-0.2, 0) is 17.2 Å². The maximum Gasteiger partial charge on any atom is 0.340 e. The zero-order valence-corrected chi connectivity index (χ0v) is 15.8. The second-order valence-electron chi connectivity index (χ2n) is 7.82. The maximum absolute atomic E-state index is 13.2. The fraction of sp³-hybridized carbons (Fsp3) is 0.350. The maximum atomic E-state index is 13.2. The Bertz CT molecular complexity index is 1120. The van der Waals surface area contributed by atoms with E-state index in [9.17, 15) is 14.4 Å². The minimum absolute atomic E-state index is 0.172. The van der Waals surface area contributed by atoms with Crippen molar-refractivity contribution >= 4 is 23.3 Å². The number of nitrogens with one attached hydrogen (secondary N) is 1. The second-order valence-corrected chi connectivity index (χ2v) is 7.82. The van der Waals surface area contributed by atoms with Gasteiger partial charge in [-0.2, -0.15) is 0 Å². The van der Waals surface area contributed by atoms with Crippen molar-refractivity contribution < 1.29 is 19.1 Å². The molecule has 2 aromatic heterocycles. The van der Waals surface area contributed by atoms with Crippen LogP contribution in [0.5, 0.6) is 0 Å². The first-order chi connectivity index (χ1) is 13.3. The molecular formula is C20H20N4O4. The zero-order valence-electron chi connectivity index (χ0n) is 15.8. The summed E-state index contributed by atoms with van der Waals surface area (Å²) in [6, 6.07) is 1.63. The van der Waals surface area contributed by atoms with Crippen LogP contribution >= 0.6 is 0 Å². The van der Waals surface area contributed by atoms with Gasteiger partial charge in [0.15, 0.2) is 0 Å².